The zero-order valence-electron chi connectivity index (χ0n) is 16.6. The van der Waals surface area contributed by atoms with Crippen LogP contribution in [0.15, 0.2) is 0 Å². The van der Waals surface area contributed by atoms with Crippen LogP contribution in [0, 0.1) is 11.8 Å². The van der Waals surface area contributed by atoms with Crippen LogP contribution in [0.5, 0.6) is 0 Å². The van der Waals surface area contributed by atoms with Gasteiger partial charge in [0, 0.05) is 0 Å². The molecular weight excluding hydrogens is 372 g/mol. The van der Waals surface area contributed by atoms with E-state index in [0.29, 0.717) is 12.2 Å². The van der Waals surface area contributed by atoms with Crippen LogP contribution in [0.25, 0.3) is 0 Å². The van der Waals surface area contributed by atoms with Gasteiger partial charge >= 0.3 is 5.97 Å². The Morgan fingerprint density at radius 3 is 2.04 bits per heavy atom. The van der Waals surface area contributed by atoms with Crippen LogP contribution in [-0.2, 0) is 19.2 Å². The van der Waals surface area contributed by atoms with Gasteiger partial charge in [-0.1, -0.05) is 27.7 Å². The number of hydrogen-bond acceptors (Lipinski definition) is 6. The molecule has 3 atom stereocenters. The molecule has 6 N–H and O–H groups in total. The fraction of sp³-hybridized carbons (Fsp3) is 0.765. The van der Waals surface area contributed by atoms with E-state index >= 15 is 0 Å². The largest absolute Gasteiger partial charge is 0.480 e. The summed E-state index contributed by atoms with van der Waals surface area (Å²) in [6.45, 7) is 6.64. The minimum absolute atomic E-state index is 0.0721. The quantitative estimate of drug-likeness (QED) is 0.295. The van der Waals surface area contributed by atoms with Crippen molar-refractivity contribution in [2.75, 3.05) is 18.6 Å². The van der Waals surface area contributed by atoms with Crippen molar-refractivity contribution < 1.29 is 24.3 Å². The molecular formula is C17H32N4O5S. The Balaban J connectivity index is 4.84. The van der Waals surface area contributed by atoms with Gasteiger partial charge in [-0.25, -0.2) is 4.79 Å². The molecule has 0 aromatic carbocycles. The summed E-state index contributed by atoms with van der Waals surface area (Å²) >= 11 is 1.50. The number of nitrogens with one attached hydrogen (secondary N) is 3. The molecule has 0 aliphatic heterocycles. The lowest BCUT2D eigenvalue weighted by molar-refractivity contribution is -0.143. The van der Waals surface area contributed by atoms with Crippen molar-refractivity contribution in [3.8, 4) is 0 Å². The summed E-state index contributed by atoms with van der Waals surface area (Å²) in [5, 5.41) is 16.6. The lowest BCUT2D eigenvalue weighted by atomic mass is 10.0. The second kappa shape index (κ2) is 12.6. The van der Waals surface area contributed by atoms with Gasteiger partial charge in [-0.15, -0.1) is 0 Å². The molecule has 0 bridgehead atoms. The summed E-state index contributed by atoms with van der Waals surface area (Å²) in [5.41, 5.74) is 5.71. The standard InChI is InChI=1S/C17H32N4O5S/c1-9(2)13(18)16(24)19-8-12(22)20-11(6-7-27-5)15(23)21-14(10(3)4)17(25)26/h9-11,13-14H,6-8,18H2,1-5H3,(H,19,24)(H,20,22)(H,21,23)(H,25,26). The van der Waals surface area contributed by atoms with Gasteiger partial charge in [0.15, 0.2) is 0 Å². The summed E-state index contributed by atoms with van der Waals surface area (Å²) in [5.74, 6) is -2.47. The number of carboxylic acid groups (broad SMARTS) is 1. The summed E-state index contributed by atoms with van der Waals surface area (Å²) in [4.78, 5) is 47.6. The second-order valence-corrected chi connectivity index (χ2v) is 7.94. The monoisotopic (exact) mass is 404 g/mol. The maximum atomic E-state index is 12.4. The van der Waals surface area contributed by atoms with Gasteiger partial charge in [-0.05, 0) is 30.3 Å². The van der Waals surface area contributed by atoms with E-state index in [1.165, 1.54) is 11.8 Å². The highest BCUT2D eigenvalue weighted by Gasteiger charge is 2.28. The predicted octanol–water partition coefficient (Wildman–Crippen LogP) is -0.451. The molecule has 0 heterocycles. The Bertz CT molecular complexity index is 527. The first-order valence-corrected chi connectivity index (χ1v) is 10.2. The lowest BCUT2D eigenvalue weighted by Gasteiger charge is -2.23. The van der Waals surface area contributed by atoms with Crippen LogP contribution in [-0.4, -0.2) is 65.5 Å². The van der Waals surface area contributed by atoms with E-state index in [0.717, 1.165) is 0 Å². The van der Waals surface area contributed by atoms with Gasteiger partial charge in [0.1, 0.15) is 12.1 Å². The molecule has 3 amide bonds. The smallest absolute Gasteiger partial charge is 0.326 e. The summed E-state index contributed by atoms with van der Waals surface area (Å²) in [6, 6.07) is -2.66. The average molecular weight is 405 g/mol. The molecule has 156 valence electrons. The van der Waals surface area contributed by atoms with Crippen molar-refractivity contribution >= 4 is 35.5 Å². The van der Waals surface area contributed by atoms with Crippen molar-refractivity contribution in [2.24, 2.45) is 17.6 Å². The lowest BCUT2D eigenvalue weighted by Crippen LogP contribution is -2.55. The highest BCUT2D eigenvalue weighted by molar-refractivity contribution is 7.98. The van der Waals surface area contributed by atoms with Gasteiger partial charge < -0.3 is 26.8 Å². The van der Waals surface area contributed by atoms with E-state index in [-0.39, 0.29) is 18.4 Å². The third kappa shape index (κ3) is 9.62. The molecule has 0 aromatic rings. The molecule has 0 spiro atoms. The number of thioether (sulfide) groups is 1. The van der Waals surface area contributed by atoms with E-state index < -0.39 is 41.8 Å². The van der Waals surface area contributed by atoms with Crippen LogP contribution >= 0.6 is 11.8 Å². The normalized spacial score (nSPS) is 14.4. The fourth-order valence-electron chi connectivity index (χ4n) is 2.11. The molecule has 0 rings (SSSR count). The number of hydrogen-bond donors (Lipinski definition) is 5. The first-order valence-electron chi connectivity index (χ1n) is 8.86. The maximum absolute atomic E-state index is 12.4. The minimum atomic E-state index is -1.14. The fourth-order valence-corrected chi connectivity index (χ4v) is 2.58. The first kappa shape index (κ1) is 25.2. The number of aliphatic carboxylic acids is 1. The van der Waals surface area contributed by atoms with Crippen LogP contribution in [0.3, 0.4) is 0 Å². The van der Waals surface area contributed by atoms with Crippen LogP contribution in [0.1, 0.15) is 34.1 Å². The number of rotatable bonds is 12. The topological polar surface area (TPSA) is 151 Å². The van der Waals surface area contributed by atoms with E-state index in [2.05, 4.69) is 16.0 Å². The van der Waals surface area contributed by atoms with Crippen LogP contribution in [0.2, 0.25) is 0 Å². The van der Waals surface area contributed by atoms with E-state index in [9.17, 15) is 24.3 Å². The van der Waals surface area contributed by atoms with Crippen molar-refractivity contribution in [3.05, 3.63) is 0 Å². The average Bonchev–Trinajstić information content (AvgIpc) is 2.59. The van der Waals surface area contributed by atoms with E-state index in [1.54, 1.807) is 27.7 Å². The van der Waals surface area contributed by atoms with Crippen molar-refractivity contribution in [1.82, 2.24) is 16.0 Å². The van der Waals surface area contributed by atoms with Crippen molar-refractivity contribution in [2.45, 2.75) is 52.2 Å². The van der Waals surface area contributed by atoms with Gasteiger partial charge in [0.25, 0.3) is 0 Å². The number of carbonyl (C=O) groups is 4. The zero-order valence-corrected chi connectivity index (χ0v) is 17.4. The van der Waals surface area contributed by atoms with Crippen molar-refractivity contribution in [3.63, 3.8) is 0 Å². The highest BCUT2D eigenvalue weighted by Crippen LogP contribution is 2.05. The molecule has 27 heavy (non-hydrogen) atoms. The Kier molecular flexibility index (Phi) is 11.7. The first-order chi connectivity index (χ1) is 12.5. The summed E-state index contributed by atoms with van der Waals surface area (Å²) in [7, 11) is 0. The number of carboxylic acids is 1. The van der Waals surface area contributed by atoms with Crippen molar-refractivity contribution in [1.29, 1.82) is 0 Å². The molecule has 0 aliphatic rings. The molecule has 0 aliphatic carbocycles. The molecule has 10 heteroatoms. The zero-order chi connectivity index (χ0) is 21.1. The Labute approximate surface area is 164 Å². The Morgan fingerprint density at radius 1 is 1.00 bits per heavy atom. The molecule has 0 fully saturated rings. The molecule has 3 unspecified atom stereocenters. The SMILES string of the molecule is CSCCC(NC(=O)CNC(=O)C(N)C(C)C)C(=O)NC(C(=O)O)C(C)C. The van der Waals surface area contributed by atoms with Gasteiger partial charge in [-0.2, -0.15) is 11.8 Å². The van der Waals surface area contributed by atoms with Crippen LogP contribution in [0.4, 0.5) is 0 Å². The molecule has 0 aromatic heterocycles. The number of amides is 3. The third-order valence-corrected chi connectivity index (χ3v) is 4.58. The van der Waals surface area contributed by atoms with Crippen LogP contribution < -0.4 is 21.7 Å². The summed E-state index contributed by atoms with van der Waals surface area (Å²) < 4.78 is 0. The maximum Gasteiger partial charge on any atom is 0.326 e. The molecule has 0 saturated heterocycles. The van der Waals surface area contributed by atoms with Gasteiger partial charge in [0.05, 0.1) is 12.6 Å². The number of nitrogens with two attached hydrogens (primary N) is 1. The minimum Gasteiger partial charge on any atom is -0.480 e. The van der Waals surface area contributed by atoms with Gasteiger partial charge in [0.2, 0.25) is 17.7 Å². The van der Waals surface area contributed by atoms with Gasteiger partial charge in [-0.3, -0.25) is 14.4 Å². The second-order valence-electron chi connectivity index (χ2n) is 6.96. The Hall–Kier alpha value is -1.81. The Morgan fingerprint density at radius 2 is 1.59 bits per heavy atom. The molecule has 0 radical (unpaired) electrons. The molecule has 9 nitrogen and oxygen atoms in total. The number of carbonyl (C=O) groups excluding carboxylic acids is 3. The highest BCUT2D eigenvalue weighted by atomic mass is 32.2. The third-order valence-electron chi connectivity index (χ3n) is 3.94. The van der Waals surface area contributed by atoms with E-state index in [1.807, 2.05) is 6.26 Å². The predicted molar refractivity (Wildman–Crippen MR) is 105 cm³/mol. The summed E-state index contributed by atoms with van der Waals surface area (Å²) in [6.07, 6.45) is 2.20. The molecule has 0 saturated carbocycles. The van der Waals surface area contributed by atoms with E-state index in [4.69, 9.17) is 5.73 Å².